The second-order valence-corrected chi connectivity index (χ2v) is 8.78. The second kappa shape index (κ2) is 4.55. The molecule has 0 amide bonds. The van der Waals surface area contributed by atoms with E-state index >= 15 is 0 Å². The first-order valence-corrected chi connectivity index (χ1v) is 8.43. The highest BCUT2D eigenvalue weighted by Gasteiger charge is 2.53. The molecule has 0 radical (unpaired) electrons. The summed E-state index contributed by atoms with van der Waals surface area (Å²) in [7, 11) is -0.357. The summed E-state index contributed by atoms with van der Waals surface area (Å²) in [4.78, 5) is 4.77. The quantitative estimate of drug-likeness (QED) is 0.770. The van der Waals surface area contributed by atoms with Crippen LogP contribution in [0.15, 0.2) is 3.79 Å². The molecule has 2 aliphatic rings. The van der Waals surface area contributed by atoms with Gasteiger partial charge in [-0.25, -0.2) is 4.98 Å². The van der Waals surface area contributed by atoms with E-state index in [0.717, 1.165) is 9.38 Å². The molecule has 104 valence electrons. The Morgan fingerprint density at radius 3 is 2.26 bits per heavy atom. The van der Waals surface area contributed by atoms with Crippen LogP contribution in [0.4, 0.5) is 0 Å². The fraction of sp³-hybridized carbons (Fsp3) is 0.769. The summed E-state index contributed by atoms with van der Waals surface area (Å²) in [6, 6.07) is 0. The van der Waals surface area contributed by atoms with Gasteiger partial charge in [0, 0.05) is 5.92 Å². The number of aromatic nitrogens is 1. The van der Waals surface area contributed by atoms with Gasteiger partial charge in [-0.15, -0.1) is 11.3 Å². The van der Waals surface area contributed by atoms with E-state index in [9.17, 15) is 0 Å². The molecule has 0 aromatic carbocycles. The third-order valence-electron chi connectivity index (χ3n) is 4.56. The zero-order valence-electron chi connectivity index (χ0n) is 11.8. The largest absolute Gasteiger partial charge is 0.516 e. The highest BCUT2D eigenvalue weighted by Crippen LogP contribution is 2.41. The van der Waals surface area contributed by atoms with Gasteiger partial charge in [-0.3, -0.25) is 0 Å². The fourth-order valence-electron chi connectivity index (χ4n) is 2.26. The molecule has 2 heterocycles. The van der Waals surface area contributed by atoms with Crippen LogP contribution in [0.5, 0.6) is 0 Å². The lowest BCUT2D eigenvalue weighted by Crippen LogP contribution is -2.41. The summed E-state index contributed by atoms with van der Waals surface area (Å²) in [6.45, 7) is 8.28. The van der Waals surface area contributed by atoms with Crippen LogP contribution in [0.25, 0.3) is 0 Å². The molecule has 6 heteroatoms. The normalized spacial score (nSPS) is 25.6. The Balaban J connectivity index is 1.85. The summed E-state index contributed by atoms with van der Waals surface area (Å²) in [5.41, 5.74) is 0.292. The van der Waals surface area contributed by atoms with Crippen LogP contribution in [0, 0.1) is 0 Å². The molecule has 3 nitrogen and oxygen atoms in total. The van der Waals surface area contributed by atoms with E-state index in [-0.39, 0.29) is 18.3 Å². The highest BCUT2D eigenvalue weighted by atomic mass is 79.9. The van der Waals surface area contributed by atoms with E-state index in [1.54, 1.807) is 11.3 Å². The summed E-state index contributed by atoms with van der Waals surface area (Å²) >= 11 is 5.35. The molecular weight excluding hydrogens is 325 g/mol. The van der Waals surface area contributed by atoms with Crippen molar-refractivity contribution in [2.75, 3.05) is 0 Å². The van der Waals surface area contributed by atoms with Gasteiger partial charge in [-0.2, -0.15) is 0 Å². The van der Waals surface area contributed by atoms with Crippen LogP contribution in [0.1, 0.15) is 57.9 Å². The number of nitrogens with zero attached hydrogens (tertiary/aromatic N) is 1. The van der Waals surface area contributed by atoms with Crippen LogP contribution in [-0.4, -0.2) is 23.3 Å². The van der Waals surface area contributed by atoms with E-state index in [1.165, 1.54) is 24.3 Å². The summed E-state index contributed by atoms with van der Waals surface area (Å²) in [6.07, 6.45) is 3.86. The Morgan fingerprint density at radius 1 is 1.21 bits per heavy atom. The zero-order valence-corrected chi connectivity index (χ0v) is 14.2. The van der Waals surface area contributed by atoms with Crippen LogP contribution < -0.4 is 5.59 Å². The van der Waals surface area contributed by atoms with Crippen molar-refractivity contribution in [3.63, 3.8) is 0 Å². The Bertz CT molecular complexity index is 483. The smallest absolute Gasteiger partial charge is 0.398 e. The Morgan fingerprint density at radius 2 is 1.79 bits per heavy atom. The van der Waals surface area contributed by atoms with Gasteiger partial charge in [0.2, 0.25) is 0 Å². The maximum Gasteiger partial charge on any atom is 0.516 e. The predicted molar refractivity (Wildman–Crippen MR) is 82.1 cm³/mol. The van der Waals surface area contributed by atoms with Gasteiger partial charge in [-0.1, -0.05) is 6.42 Å². The Labute approximate surface area is 127 Å². The number of rotatable bonds is 2. The SMILES string of the molecule is CC1(C)OB(c2nc(C3CCC3)sc2Br)OC1(C)C. The molecule has 1 saturated carbocycles. The van der Waals surface area contributed by atoms with Gasteiger partial charge in [0.05, 0.1) is 25.6 Å². The molecule has 0 N–H and O–H groups in total. The van der Waals surface area contributed by atoms with Crippen LogP contribution >= 0.6 is 27.3 Å². The van der Waals surface area contributed by atoms with Crippen LogP contribution in [0.2, 0.25) is 0 Å². The van der Waals surface area contributed by atoms with Gasteiger partial charge in [0.15, 0.2) is 0 Å². The van der Waals surface area contributed by atoms with Crippen molar-refractivity contribution < 1.29 is 9.31 Å². The fourth-order valence-corrected chi connectivity index (χ4v) is 4.01. The maximum atomic E-state index is 6.07. The molecule has 0 bridgehead atoms. The summed E-state index contributed by atoms with van der Waals surface area (Å²) in [5.74, 6) is 0.650. The predicted octanol–water partition coefficient (Wildman–Crippen LogP) is 3.47. The van der Waals surface area contributed by atoms with E-state index in [4.69, 9.17) is 14.3 Å². The van der Waals surface area contributed by atoms with Gasteiger partial charge >= 0.3 is 7.12 Å². The second-order valence-electron chi connectivity index (χ2n) is 6.43. The van der Waals surface area contributed by atoms with E-state index < -0.39 is 0 Å². The van der Waals surface area contributed by atoms with Crippen molar-refractivity contribution in [1.29, 1.82) is 0 Å². The molecule has 1 aromatic heterocycles. The lowest BCUT2D eigenvalue weighted by atomic mass is 9.84. The Kier molecular flexibility index (Phi) is 3.36. The third kappa shape index (κ3) is 2.31. The first kappa shape index (κ1) is 14.0. The van der Waals surface area contributed by atoms with Gasteiger partial charge in [-0.05, 0) is 56.5 Å². The molecule has 1 aliphatic heterocycles. The standard InChI is InChI=1S/C13H19BBrNO2S/c1-12(2)13(3,4)18-14(17-12)9-10(15)19-11(16-9)8-6-5-7-8/h8H,5-7H2,1-4H3. The number of hydrogen-bond acceptors (Lipinski definition) is 4. The lowest BCUT2D eigenvalue weighted by molar-refractivity contribution is 0.00578. The van der Waals surface area contributed by atoms with Crippen molar-refractivity contribution in [3.05, 3.63) is 8.79 Å². The number of halogens is 1. The number of thiazole rings is 1. The van der Waals surface area contributed by atoms with Gasteiger partial charge < -0.3 is 9.31 Å². The minimum absolute atomic E-state index is 0.308. The molecule has 1 aliphatic carbocycles. The van der Waals surface area contributed by atoms with Crippen molar-refractivity contribution in [2.45, 2.75) is 64.1 Å². The molecule has 3 rings (SSSR count). The Hall–Kier alpha value is 0.0949. The molecular formula is C13H19BBrNO2S. The lowest BCUT2D eigenvalue weighted by Gasteiger charge is -2.32. The third-order valence-corrected chi connectivity index (χ3v) is 6.47. The van der Waals surface area contributed by atoms with E-state index in [2.05, 4.69) is 43.6 Å². The monoisotopic (exact) mass is 343 g/mol. The molecule has 19 heavy (non-hydrogen) atoms. The molecule has 0 spiro atoms. The van der Waals surface area contributed by atoms with Crippen LogP contribution in [-0.2, 0) is 9.31 Å². The molecule has 0 unspecified atom stereocenters. The number of hydrogen-bond donors (Lipinski definition) is 0. The van der Waals surface area contributed by atoms with Crippen molar-refractivity contribution in [3.8, 4) is 0 Å². The van der Waals surface area contributed by atoms with Gasteiger partial charge in [0.1, 0.15) is 0 Å². The van der Waals surface area contributed by atoms with Crippen molar-refractivity contribution in [2.24, 2.45) is 0 Å². The van der Waals surface area contributed by atoms with E-state index in [1.807, 2.05) is 0 Å². The maximum absolute atomic E-state index is 6.07. The topological polar surface area (TPSA) is 31.4 Å². The molecule has 1 aromatic rings. The van der Waals surface area contributed by atoms with Crippen molar-refractivity contribution >= 4 is 40.0 Å². The summed E-state index contributed by atoms with van der Waals surface area (Å²) in [5, 5.41) is 1.22. The highest BCUT2D eigenvalue weighted by molar-refractivity contribution is 9.11. The van der Waals surface area contributed by atoms with Crippen molar-refractivity contribution in [1.82, 2.24) is 4.98 Å². The first-order valence-electron chi connectivity index (χ1n) is 6.82. The van der Waals surface area contributed by atoms with E-state index in [0.29, 0.717) is 5.92 Å². The minimum Gasteiger partial charge on any atom is -0.398 e. The summed E-state index contributed by atoms with van der Waals surface area (Å²) < 4.78 is 13.2. The van der Waals surface area contributed by atoms with Crippen LogP contribution in [0.3, 0.4) is 0 Å². The molecule has 0 atom stereocenters. The van der Waals surface area contributed by atoms with Gasteiger partial charge in [0.25, 0.3) is 0 Å². The average Bonchev–Trinajstić information content (AvgIpc) is 2.63. The average molecular weight is 344 g/mol. The molecule has 2 fully saturated rings. The zero-order chi connectivity index (χ0) is 13.8. The first-order chi connectivity index (χ1) is 8.80. The minimum atomic E-state index is -0.357. The molecule has 1 saturated heterocycles.